The van der Waals surface area contributed by atoms with Gasteiger partial charge in [-0.25, -0.2) is 0 Å². The highest BCUT2D eigenvalue weighted by atomic mass is 35.5. The molecule has 3 nitrogen and oxygen atoms in total. The van der Waals surface area contributed by atoms with Crippen LogP contribution in [-0.4, -0.2) is 12.5 Å². The molecular weight excluding hydrogens is 328 g/mol. The Bertz CT molecular complexity index is 628. The zero-order valence-corrected chi connectivity index (χ0v) is 14.8. The fourth-order valence-electron chi connectivity index (χ4n) is 2.87. The van der Waals surface area contributed by atoms with Gasteiger partial charge in [-0.2, -0.15) is 0 Å². The molecule has 23 heavy (non-hydrogen) atoms. The number of carbonyl (C=O) groups excluding carboxylic acids is 1. The van der Waals surface area contributed by atoms with Crippen molar-refractivity contribution in [1.82, 2.24) is 5.32 Å². The van der Waals surface area contributed by atoms with Crippen LogP contribution in [0, 0.1) is 0 Å². The average Bonchev–Trinajstić information content (AvgIpc) is 2.80. The Kier molecular flexibility index (Phi) is 6.48. The van der Waals surface area contributed by atoms with Gasteiger partial charge in [-0.3, -0.25) is 4.79 Å². The average molecular weight is 351 g/mol. The summed E-state index contributed by atoms with van der Waals surface area (Å²) >= 11 is 1.68. The van der Waals surface area contributed by atoms with Gasteiger partial charge in [0.1, 0.15) is 0 Å². The molecule has 0 saturated carbocycles. The SMILES string of the molecule is Cl.Nc1ccc(CCNC(=O)c2cc3c(s2)CCCCC3)cc1. The smallest absolute Gasteiger partial charge is 0.261 e. The number of carbonyl (C=O) groups is 1. The van der Waals surface area contributed by atoms with Gasteiger partial charge in [0.25, 0.3) is 5.91 Å². The van der Waals surface area contributed by atoms with Gasteiger partial charge in [-0.1, -0.05) is 18.6 Å². The summed E-state index contributed by atoms with van der Waals surface area (Å²) in [5.41, 5.74) is 9.03. The Hall–Kier alpha value is -1.52. The van der Waals surface area contributed by atoms with Crippen molar-refractivity contribution in [3.63, 3.8) is 0 Å². The first-order chi connectivity index (χ1) is 10.7. The Morgan fingerprint density at radius 3 is 2.65 bits per heavy atom. The number of nitrogen functional groups attached to an aromatic ring is 1. The molecule has 1 heterocycles. The second-order valence-corrected chi connectivity index (χ2v) is 7.00. The van der Waals surface area contributed by atoms with Crippen molar-refractivity contribution in [2.45, 2.75) is 38.5 Å². The summed E-state index contributed by atoms with van der Waals surface area (Å²) in [7, 11) is 0. The summed E-state index contributed by atoms with van der Waals surface area (Å²) in [4.78, 5) is 14.6. The van der Waals surface area contributed by atoms with Gasteiger partial charge in [0.15, 0.2) is 0 Å². The van der Waals surface area contributed by atoms with Crippen LogP contribution in [0.4, 0.5) is 5.69 Å². The van der Waals surface area contributed by atoms with Crippen LogP contribution in [-0.2, 0) is 19.3 Å². The molecule has 0 bridgehead atoms. The minimum atomic E-state index is 0. The molecule has 1 amide bonds. The third-order valence-corrected chi connectivity index (χ3v) is 5.39. The highest BCUT2D eigenvalue weighted by Gasteiger charge is 2.16. The highest BCUT2D eigenvalue weighted by molar-refractivity contribution is 7.14. The third kappa shape index (κ3) is 4.72. The zero-order valence-electron chi connectivity index (χ0n) is 13.1. The predicted octanol–water partition coefficient (Wildman–Crippen LogP) is 3.99. The fourth-order valence-corrected chi connectivity index (χ4v) is 4.04. The lowest BCUT2D eigenvalue weighted by molar-refractivity contribution is 0.0958. The molecule has 1 aromatic carbocycles. The van der Waals surface area contributed by atoms with Gasteiger partial charge in [0.05, 0.1) is 4.88 Å². The molecule has 0 atom stereocenters. The highest BCUT2D eigenvalue weighted by Crippen LogP contribution is 2.28. The molecule has 0 aliphatic heterocycles. The lowest BCUT2D eigenvalue weighted by atomic mass is 10.1. The molecule has 0 fully saturated rings. The van der Waals surface area contributed by atoms with Crippen molar-refractivity contribution in [2.75, 3.05) is 12.3 Å². The molecular formula is C18H23ClN2OS. The second-order valence-electron chi connectivity index (χ2n) is 5.87. The predicted molar refractivity (Wildman–Crippen MR) is 99.7 cm³/mol. The maximum absolute atomic E-state index is 12.3. The van der Waals surface area contributed by atoms with Crippen LogP contribution in [0.15, 0.2) is 30.3 Å². The van der Waals surface area contributed by atoms with E-state index in [9.17, 15) is 4.79 Å². The van der Waals surface area contributed by atoms with Crippen molar-refractivity contribution in [3.8, 4) is 0 Å². The van der Waals surface area contributed by atoms with Crippen LogP contribution in [0.5, 0.6) is 0 Å². The Morgan fingerprint density at radius 1 is 1.13 bits per heavy atom. The molecule has 0 saturated heterocycles. The van der Waals surface area contributed by atoms with E-state index in [1.807, 2.05) is 24.3 Å². The van der Waals surface area contributed by atoms with E-state index in [0.29, 0.717) is 6.54 Å². The summed E-state index contributed by atoms with van der Waals surface area (Å²) in [6.45, 7) is 0.658. The molecule has 3 N–H and O–H groups in total. The van der Waals surface area contributed by atoms with Crippen LogP contribution in [0.3, 0.4) is 0 Å². The summed E-state index contributed by atoms with van der Waals surface area (Å²) < 4.78 is 0. The summed E-state index contributed by atoms with van der Waals surface area (Å²) in [6.07, 6.45) is 6.92. The fraction of sp³-hybridized carbons (Fsp3) is 0.389. The number of amides is 1. The van der Waals surface area contributed by atoms with Gasteiger partial charge in [0.2, 0.25) is 0 Å². The standard InChI is InChI=1S/C18H22N2OS.ClH/c19-15-8-6-13(7-9-15)10-11-20-18(21)17-12-14-4-2-1-3-5-16(14)22-17;/h6-9,12H,1-5,10-11,19H2,(H,20,21);1H. The quantitative estimate of drug-likeness (QED) is 0.647. The van der Waals surface area contributed by atoms with E-state index in [-0.39, 0.29) is 18.3 Å². The Balaban J connectivity index is 0.00000192. The molecule has 5 heteroatoms. The first-order valence-electron chi connectivity index (χ1n) is 7.96. The maximum Gasteiger partial charge on any atom is 0.261 e. The number of fused-ring (bicyclic) bond motifs is 1. The summed E-state index contributed by atoms with van der Waals surface area (Å²) in [6, 6.07) is 9.91. The van der Waals surface area contributed by atoms with Crippen molar-refractivity contribution in [3.05, 3.63) is 51.2 Å². The normalized spacial score (nSPS) is 13.6. The molecule has 3 rings (SSSR count). The zero-order chi connectivity index (χ0) is 15.4. The third-order valence-electron chi connectivity index (χ3n) is 4.15. The molecule has 0 unspecified atom stereocenters. The van der Waals surface area contributed by atoms with E-state index in [1.54, 1.807) is 11.3 Å². The van der Waals surface area contributed by atoms with Crippen LogP contribution in [0.2, 0.25) is 0 Å². The minimum Gasteiger partial charge on any atom is -0.399 e. The van der Waals surface area contributed by atoms with E-state index >= 15 is 0 Å². The van der Waals surface area contributed by atoms with Crippen LogP contribution in [0.25, 0.3) is 0 Å². The number of benzene rings is 1. The number of halogens is 1. The van der Waals surface area contributed by atoms with Gasteiger partial charge >= 0.3 is 0 Å². The van der Waals surface area contributed by atoms with Crippen LogP contribution >= 0.6 is 23.7 Å². The lowest BCUT2D eigenvalue weighted by Crippen LogP contribution is -2.24. The molecule has 2 aromatic rings. The van der Waals surface area contributed by atoms with Gasteiger partial charge in [-0.15, -0.1) is 23.7 Å². The van der Waals surface area contributed by atoms with E-state index in [4.69, 9.17) is 5.73 Å². The number of nitrogens with two attached hydrogens (primary N) is 1. The van der Waals surface area contributed by atoms with Crippen molar-refractivity contribution >= 4 is 35.3 Å². The number of aryl methyl sites for hydroxylation is 2. The largest absolute Gasteiger partial charge is 0.399 e. The number of thiophene rings is 1. The Labute approximate surface area is 147 Å². The molecule has 1 aromatic heterocycles. The lowest BCUT2D eigenvalue weighted by Gasteiger charge is -2.04. The molecule has 0 spiro atoms. The minimum absolute atomic E-state index is 0. The molecule has 1 aliphatic rings. The van der Waals surface area contributed by atoms with Crippen molar-refractivity contribution in [2.24, 2.45) is 0 Å². The second kappa shape index (κ2) is 8.37. The summed E-state index contributed by atoms with van der Waals surface area (Å²) in [5, 5.41) is 3.03. The molecule has 1 aliphatic carbocycles. The first kappa shape index (κ1) is 17.8. The number of anilines is 1. The van der Waals surface area contributed by atoms with E-state index in [1.165, 1.54) is 35.3 Å². The molecule has 124 valence electrons. The van der Waals surface area contributed by atoms with E-state index < -0.39 is 0 Å². The number of hydrogen-bond donors (Lipinski definition) is 2. The molecule has 0 radical (unpaired) electrons. The summed E-state index contributed by atoms with van der Waals surface area (Å²) in [5.74, 6) is 0.0634. The van der Waals surface area contributed by atoms with Crippen molar-refractivity contribution in [1.29, 1.82) is 0 Å². The van der Waals surface area contributed by atoms with Crippen LogP contribution in [0.1, 0.15) is 44.9 Å². The number of hydrogen-bond acceptors (Lipinski definition) is 3. The number of nitrogens with one attached hydrogen (secondary N) is 1. The van der Waals surface area contributed by atoms with Gasteiger partial charge < -0.3 is 11.1 Å². The van der Waals surface area contributed by atoms with E-state index in [0.717, 1.165) is 29.8 Å². The first-order valence-corrected chi connectivity index (χ1v) is 8.78. The monoisotopic (exact) mass is 350 g/mol. The van der Waals surface area contributed by atoms with E-state index in [2.05, 4.69) is 11.4 Å². The number of rotatable bonds is 4. The van der Waals surface area contributed by atoms with Crippen LogP contribution < -0.4 is 11.1 Å². The topological polar surface area (TPSA) is 55.1 Å². The van der Waals surface area contributed by atoms with Gasteiger partial charge in [-0.05, 0) is 61.4 Å². The Morgan fingerprint density at radius 2 is 1.87 bits per heavy atom. The maximum atomic E-state index is 12.3. The van der Waals surface area contributed by atoms with Crippen molar-refractivity contribution < 1.29 is 4.79 Å². The van der Waals surface area contributed by atoms with Gasteiger partial charge in [0, 0.05) is 17.1 Å².